The molecule has 4 rings (SSSR count). The monoisotopic (exact) mass is 423 g/mol. The molecule has 1 atom stereocenters. The van der Waals surface area contributed by atoms with E-state index in [2.05, 4.69) is 15.3 Å². The highest BCUT2D eigenvalue weighted by molar-refractivity contribution is 5.97. The fourth-order valence-corrected chi connectivity index (χ4v) is 4.35. The number of aromatic amines is 1. The number of aromatic nitrogens is 2. The van der Waals surface area contributed by atoms with Crippen molar-refractivity contribution >= 4 is 23.5 Å². The van der Waals surface area contributed by atoms with Gasteiger partial charge in [0, 0.05) is 56.7 Å². The fourth-order valence-electron chi connectivity index (χ4n) is 4.35. The van der Waals surface area contributed by atoms with Gasteiger partial charge in [0.05, 0.1) is 5.69 Å². The number of nitrogens with one attached hydrogen (secondary N) is 2. The Hall–Kier alpha value is -3.16. The smallest absolute Gasteiger partial charge is 0.252 e. The van der Waals surface area contributed by atoms with E-state index in [0.717, 1.165) is 36.2 Å². The molecule has 1 aromatic carbocycles. The summed E-state index contributed by atoms with van der Waals surface area (Å²) in [5, 5.41) is 3.16. The molecule has 0 unspecified atom stereocenters. The zero-order valence-electron chi connectivity index (χ0n) is 18.1. The van der Waals surface area contributed by atoms with Crippen LogP contribution in [-0.4, -0.2) is 52.9 Å². The quantitative estimate of drug-likeness (QED) is 0.666. The lowest BCUT2D eigenvalue weighted by Crippen LogP contribution is -2.27. The summed E-state index contributed by atoms with van der Waals surface area (Å²) in [6.45, 7) is 6.71. The number of anilines is 2. The van der Waals surface area contributed by atoms with Crippen molar-refractivity contribution in [2.75, 3.05) is 36.4 Å². The molecule has 2 aliphatic rings. The highest BCUT2D eigenvalue weighted by atomic mass is 16.2. The predicted molar refractivity (Wildman–Crippen MR) is 119 cm³/mol. The van der Waals surface area contributed by atoms with Crippen molar-refractivity contribution in [1.82, 2.24) is 14.9 Å². The number of carbonyl (C=O) groups excluding carboxylic acids is 2. The first-order valence-electron chi connectivity index (χ1n) is 10.9. The number of hydrogen-bond acceptors (Lipinski definition) is 5. The van der Waals surface area contributed by atoms with Gasteiger partial charge in [0.1, 0.15) is 0 Å². The van der Waals surface area contributed by atoms with Crippen LogP contribution in [0.15, 0.2) is 29.1 Å². The number of aryl methyl sites for hydroxylation is 1. The molecule has 2 aromatic rings. The van der Waals surface area contributed by atoms with E-state index in [9.17, 15) is 14.4 Å². The van der Waals surface area contributed by atoms with Crippen LogP contribution in [0.1, 0.15) is 48.4 Å². The lowest BCUT2D eigenvalue weighted by atomic mass is 10.0. The predicted octanol–water partition coefficient (Wildman–Crippen LogP) is 2.33. The maximum Gasteiger partial charge on any atom is 0.252 e. The summed E-state index contributed by atoms with van der Waals surface area (Å²) in [4.78, 5) is 47.6. The molecular formula is C23H29N5O3. The van der Waals surface area contributed by atoms with Crippen LogP contribution in [0.2, 0.25) is 0 Å². The lowest BCUT2D eigenvalue weighted by Gasteiger charge is -2.20. The van der Waals surface area contributed by atoms with Gasteiger partial charge in [-0.1, -0.05) is 12.1 Å². The van der Waals surface area contributed by atoms with Crippen LogP contribution in [0.25, 0.3) is 0 Å². The summed E-state index contributed by atoms with van der Waals surface area (Å²) >= 11 is 0. The number of amides is 2. The molecule has 164 valence electrons. The minimum absolute atomic E-state index is 0.0468. The van der Waals surface area contributed by atoms with Crippen LogP contribution >= 0.6 is 0 Å². The molecule has 2 aliphatic heterocycles. The maximum absolute atomic E-state index is 12.7. The van der Waals surface area contributed by atoms with E-state index in [4.69, 9.17) is 0 Å². The van der Waals surface area contributed by atoms with Gasteiger partial charge in [0.25, 0.3) is 5.56 Å². The summed E-state index contributed by atoms with van der Waals surface area (Å²) in [6, 6.07) is 7.44. The Bertz CT molecular complexity index is 1050. The highest BCUT2D eigenvalue weighted by Gasteiger charge is 2.33. The Morgan fingerprint density at radius 3 is 2.81 bits per heavy atom. The van der Waals surface area contributed by atoms with Gasteiger partial charge in [0.15, 0.2) is 0 Å². The van der Waals surface area contributed by atoms with Crippen LogP contribution in [0.3, 0.4) is 0 Å². The average molecular weight is 424 g/mol. The summed E-state index contributed by atoms with van der Waals surface area (Å²) in [7, 11) is 0. The molecule has 8 heteroatoms. The molecule has 2 fully saturated rings. The minimum Gasteiger partial charge on any atom is -0.356 e. The van der Waals surface area contributed by atoms with E-state index in [1.807, 2.05) is 36.9 Å². The van der Waals surface area contributed by atoms with E-state index < -0.39 is 0 Å². The van der Waals surface area contributed by atoms with Crippen molar-refractivity contribution in [2.24, 2.45) is 0 Å². The fraction of sp³-hybridized carbons (Fsp3) is 0.478. The third-order valence-electron chi connectivity index (χ3n) is 6.24. The van der Waals surface area contributed by atoms with Crippen LogP contribution < -0.4 is 15.8 Å². The summed E-state index contributed by atoms with van der Waals surface area (Å²) in [5.41, 5.74) is 3.55. The van der Waals surface area contributed by atoms with E-state index in [-0.39, 0.29) is 23.3 Å². The first-order chi connectivity index (χ1) is 14.9. The first kappa shape index (κ1) is 21.1. The minimum atomic E-state index is -0.236. The van der Waals surface area contributed by atoms with E-state index >= 15 is 0 Å². The SMILES string of the molecule is Cc1cccc(N2C[C@@H](c3cc(=O)[nH]c(NCCCN4CCCC4=O)n3)CC2=O)c1C. The molecular weight excluding hydrogens is 394 g/mol. The van der Waals surface area contributed by atoms with Gasteiger partial charge in [-0.25, -0.2) is 4.98 Å². The second-order valence-corrected chi connectivity index (χ2v) is 8.41. The van der Waals surface area contributed by atoms with Crippen LogP contribution in [0.4, 0.5) is 11.6 Å². The second-order valence-electron chi connectivity index (χ2n) is 8.41. The molecule has 0 saturated carbocycles. The van der Waals surface area contributed by atoms with E-state index in [1.165, 1.54) is 6.07 Å². The van der Waals surface area contributed by atoms with Gasteiger partial charge in [-0.3, -0.25) is 19.4 Å². The Morgan fingerprint density at radius 2 is 2.03 bits per heavy atom. The zero-order valence-corrected chi connectivity index (χ0v) is 18.1. The van der Waals surface area contributed by atoms with Crippen LogP contribution in [0.5, 0.6) is 0 Å². The molecule has 0 bridgehead atoms. The maximum atomic E-state index is 12.7. The number of likely N-dealkylation sites (tertiary alicyclic amines) is 1. The zero-order chi connectivity index (χ0) is 22.0. The number of benzene rings is 1. The summed E-state index contributed by atoms with van der Waals surface area (Å²) in [5.74, 6) is 0.545. The molecule has 2 saturated heterocycles. The van der Waals surface area contributed by atoms with E-state index in [1.54, 1.807) is 4.90 Å². The third-order valence-corrected chi connectivity index (χ3v) is 6.24. The molecule has 0 radical (unpaired) electrons. The Labute approximate surface area is 181 Å². The number of H-pyrrole nitrogens is 1. The summed E-state index contributed by atoms with van der Waals surface area (Å²) in [6.07, 6.45) is 2.69. The van der Waals surface area contributed by atoms with Gasteiger partial charge in [-0.05, 0) is 43.9 Å². The number of carbonyl (C=O) groups is 2. The summed E-state index contributed by atoms with van der Waals surface area (Å²) < 4.78 is 0. The number of nitrogens with zero attached hydrogens (tertiary/aromatic N) is 3. The lowest BCUT2D eigenvalue weighted by molar-refractivity contribution is -0.127. The van der Waals surface area contributed by atoms with Crippen molar-refractivity contribution < 1.29 is 9.59 Å². The Kier molecular flexibility index (Phi) is 6.06. The van der Waals surface area contributed by atoms with Crippen LogP contribution in [-0.2, 0) is 9.59 Å². The van der Waals surface area contributed by atoms with Crippen molar-refractivity contribution in [1.29, 1.82) is 0 Å². The van der Waals surface area contributed by atoms with Gasteiger partial charge in [0.2, 0.25) is 17.8 Å². The molecule has 0 spiro atoms. The highest BCUT2D eigenvalue weighted by Crippen LogP contribution is 2.33. The van der Waals surface area contributed by atoms with Gasteiger partial charge in [-0.2, -0.15) is 0 Å². The normalized spacial score (nSPS) is 18.8. The largest absolute Gasteiger partial charge is 0.356 e. The van der Waals surface area contributed by atoms with Gasteiger partial charge in [-0.15, -0.1) is 0 Å². The van der Waals surface area contributed by atoms with Gasteiger partial charge < -0.3 is 15.1 Å². The molecule has 31 heavy (non-hydrogen) atoms. The standard InChI is InChI=1S/C23H29N5O3/c1-15-6-3-7-19(16(15)2)28-14-17(12-22(28)31)18-13-20(29)26-23(25-18)24-9-5-11-27-10-4-8-21(27)30/h3,6-7,13,17H,4-5,8-12,14H2,1-2H3,(H2,24,25,26,29)/t17-/m0/s1. The van der Waals surface area contributed by atoms with Gasteiger partial charge >= 0.3 is 0 Å². The first-order valence-corrected chi connectivity index (χ1v) is 10.9. The molecule has 1 aromatic heterocycles. The average Bonchev–Trinajstić information content (AvgIpc) is 3.32. The Balaban J connectivity index is 1.41. The van der Waals surface area contributed by atoms with Crippen molar-refractivity contribution in [2.45, 2.75) is 45.4 Å². The molecule has 8 nitrogen and oxygen atoms in total. The topological polar surface area (TPSA) is 98.4 Å². The van der Waals surface area contributed by atoms with Crippen molar-refractivity contribution in [3.8, 4) is 0 Å². The molecule has 2 N–H and O–H groups in total. The Morgan fingerprint density at radius 1 is 1.19 bits per heavy atom. The van der Waals surface area contributed by atoms with E-state index in [0.29, 0.717) is 44.1 Å². The molecule has 2 amide bonds. The molecule has 0 aliphatic carbocycles. The number of rotatable bonds is 7. The second kappa shape index (κ2) is 8.91. The molecule has 3 heterocycles. The van der Waals surface area contributed by atoms with Crippen molar-refractivity contribution in [3.05, 3.63) is 51.4 Å². The third kappa shape index (κ3) is 4.62. The van der Waals surface area contributed by atoms with Crippen molar-refractivity contribution in [3.63, 3.8) is 0 Å². The van der Waals surface area contributed by atoms with Crippen LogP contribution in [0, 0.1) is 13.8 Å². The number of hydrogen-bond donors (Lipinski definition) is 2.